The van der Waals surface area contributed by atoms with E-state index in [-0.39, 0.29) is 4.91 Å². The van der Waals surface area contributed by atoms with Gasteiger partial charge in [-0.3, -0.25) is 14.5 Å². The van der Waals surface area contributed by atoms with Gasteiger partial charge in [0.1, 0.15) is 6.04 Å². The number of benzene rings is 1. The van der Waals surface area contributed by atoms with Gasteiger partial charge in [0, 0.05) is 0 Å². The van der Waals surface area contributed by atoms with Gasteiger partial charge in [0.15, 0.2) is 0 Å². The van der Waals surface area contributed by atoms with Gasteiger partial charge < -0.3 is 4.74 Å². The highest BCUT2D eigenvalue weighted by molar-refractivity contribution is 8.18. The minimum atomic E-state index is -0.975. The van der Waals surface area contributed by atoms with Crippen LogP contribution >= 0.6 is 35.0 Å². The molecule has 0 spiro atoms. The number of halogens is 2. The van der Waals surface area contributed by atoms with E-state index in [1.54, 1.807) is 18.2 Å². The van der Waals surface area contributed by atoms with Crippen LogP contribution in [0.1, 0.15) is 12.5 Å². The standard InChI is InChI=1S/C14H11Cl2NO4S/c1-7(13(19)21-2)17-12(18)11(22-14(17)20)6-8-3-4-9(15)10(16)5-8/h3-7H,1-2H3/b11-6-/t7-/m1/s1. The Morgan fingerprint density at radius 3 is 2.59 bits per heavy atom. The molecule has 2 amide bonds. The Balaban J connectivity index is 2.29. The van der Waals surface area contributed by atoms with Crippen LogP contribution in [0.25, 0.3) is 6.08 Å². The molecule has 0 aromatic heterocycles. The summed E-state index contributed by atoms with van der Waals surface area (Å²) in [4.78, 5) is 36.8. The lowest BCUT2D eigenvalue weighted by atomic mass is 10.2. The number of thioether (sulfide) groups is 1. The Morgan fingerprint density at radius 2 is 2.00 bits per heavy atom. The number of carbonyl (C=O) groups excluding carboxylic acids is 3. The average Bonchev–Trinajstić information content (AvgIpc) is 2.75. The van der Waals surface area contributed by atoms with Crippen LogP contribution in [0.3, 0.4) is 0 Å². The second-order valence-corrected chi connectivity index (χ2v) is 6.23. The van der Waals surface area contributed by atoms with Crippen molar-refractivity contribution >= 4 is 58.2 Å². The quantitative estimate of drug-likeness (QED) is 0.609. The van der Waals surface area contributed by atoms with Crippen LogP contribution in [-0.2, 0) is 14.3 Å². The summed E-state index contributed by atoms with van der Waals surface area (Å²) in [5, 5.41) is 0.220. The van der Waals surface area contributed by atoms with E-state index in [0.717, 1.165) is 16.7 Å². The molecule has 0 radical (unpaired) electrons. The van der Waals surface area contributed by atoms with Gasteiger partial charge in [0.25, 0.3) is 11.1 Å². The van der Waals surface area contributed by atoms with Gasteiger partial charge >= 0.3 is 5.97 Å². The Kier molecular flexibility index (Phi) is 5.16. The highest BCUT2D eigenvalue weighted by Crippen LogP contribution is 2.34. The number of methoxy groups -OCH3 is 1. The number of esters is 1. The van der Waals surface area contributed by atoms with E-state index in [9.17, 15) is 14.4 Å². The molecule has 1 heterocycles. The van der Waals surface area contributed by atoms with Crippen molar-refractivity contribution in [2.45, 2.75) is 13.0 Å². The third-order valence-corrected chi connectivity index (χ3v) is 4.62. The Hall–Kier alpha value is -1.50. The molecule has 1 aliphatic heterocycles. The molecule has 2 rings (SSSR count). The first-order valence-corrected chi connectivity index (χ1v) is 7.72. The van der Waals surface area contributed by atoms with Crippen LogP contribution in [0.15, 0.2) is 23.1 Å². The van der Waals surface area contributed by atoms with Crippen LogP contribution in [0.5, 0.6) is 0 Å². The fraction of sp³-hybridized carbons (Fsp3) is 0.214. The number of nitrogens with zero attached hydrogens (tertiary/aromatic N) is 1. The van der Waals surface area contributed by atoms with Crippen molar-refractivity contribution in [2.24, 2.45) is 0 Å². The van der Waals surface area contributed by atoms with Crippen LogP contribution in [0.4, 0.5) is 4.79 Å². The summed E-state index contributed by atoms with van der Waals surface area (Å²) in [6, 6.07) is 3.88. The lowest BCUT2D eigenvalue weighted by molar-refractivity contribution is -0.148. The minimum absolute atomic E-state index is 0.208. The Bertz CT molecular complexity index is 689. The summed E-state index contributed by atoms with van der Waals surface area (Å²) in [6.45, 7) is 1.43. The van der Waals surface area contributed by atoms with Gasteiger partial charge in [-0.05, 0) is 42.5 Å². The van der Waals surface area contributed by atoms with Crippen molar-refractivity contribution in [2.75, 3.05) is 7.11 Å². The number of rotatable bonds is 3. The summed E-state index contributed by atoms with van der Waals surface area (Å²) < 4.78 is 4.56. The zero-order valence-electron chi connectivity index (χ0n) is 11.6. The highest BCUT2D eigenvalue weighted by Gasteiger charge is 2.41. The molecule has 1 fully saturated rings. The van der Waals surface area contributed by atoms with E-state index < -0.39 is 23.2 Å². The molecule has 0 bridgehead atoms. The molecular formula is C14H11Cl2NO4S. The molecule has 1 saturated heterocycles. The summed E-state index contributed by atoms with van der Waals surface area (Å²) >= 11 is 12.5. The maximum Gasteiger partial charge on any atom is 0.328 e. The zero-order valence-corrected chi connectivity index (χ0v) is 14.0. The van der Waals surface area contributed by atoms with Crippen LogP contribution < -0.4 is 0 Å². The third-order valence-electron chi connectivity index (χ3n) is 2.99. The zero-order chi connectivity index (χ0) is 16.4. The van der Waals surface area contributed by atoms with Crippen molar-refractivity contribution in [3.05, 3.63) is 38.7 Å². The van der Waals surface area contributed by atoms with E-state index in [2.05, 4.69) is 4.74 Å². The topological polar surface area (TPSA) is 63.7 Å². The Morgan fingerprint density at radius 1 is 1.32 bits per heavy atom. The van der Waals surface area contributed by atoms with E-state index in [1.165, 1.54) is 20.1 Å². The van der Waals surface area contributed by atoms with E-state index in [1.807, 2.05) is 0 Å². The second-order valence-electron chi connectivity index (χ2n) is 4.42. The van der Waals surface area contributed by atoms with Gasteiger partial charge in [0.05, 0.1) is 22.1 Å². The van der Waals surface area contributed by atoms with Crippen LogP contribution in [0.2, 0.25) is 10.0 Å². The summed E-state index contributed by atoms with van der Waals surface area (Å²) in [5.74, 6) is -1.20. The molecule has 5 nitrogen and oxygen atoms in total. The van der Waals surface area contributed by atoms with Crippen molar-refractivity contribution < 1.29 is 19.1 Å². The molecule has 8 heteroatoms. The largest absolute Gasteiger partial charge is 0.467 e. The maximum absolute atomic E-state index is 12.3. The summed E-state index contributed by atoms with van der Waals surface area (Å²) in [5.41, 5.74) is 0.630. The van der Waals surface area contributed by atoms with Crippen LogP contribution in [-0.4, -0.2) is 35.2 Å². The van der Waals surface area contributed by atoms with Gasteiger partial charge in [-0.1, -0.05) is 29.3 Å². The van der Waals surface area contributed by atoms with Gasteiger partial charge in [0.2, 0.25) is 0 Å². The number of hydrogen-bond donors (Lipinski definition) is 0. The molecule has 0 saturated carbocycles. The predicted octanol–water partition coefficient (Wildman–Crippen LogP) is 3.59. The number of imide groups is 1. The predicted molar refractivity (Wildman–Crippen MR) is 85.8 cm³/mol. The molecule has 1 aromatic carbocycles. The number of carbonyl (C=O) groups is 3. The number of hydrogen-bond acceptors (Lipinski definition) is 5. The lowest BCUT2D eigenvalue weighted by Crippen LogP contribution is -2.42. The van der Waals surface area contributed by atoms with E-state index >= 15 is 0 Å². The van der Waals surface area contributed by atoms with E-state index in [0.29, 0.717) is 15.6 Å². The first kappa shape index (κ1) is 16.9. The summed E-state index contributed by atoms with van der Waals surface area (Å²) in [6.07, 6.45) is 1.52. The fourth-order valence-electron chi connectivity index (χ4n) is 1.84. The van der Waals surface area contributed by atoms with Crippen molar-refractivity contribution in [1.29, 1.82) is 0 Å². The SMILES string of the molecule is COC(=O)[C@@H](C)N1C(=O)S/C(=C\c2ccc(Cl)c(Cl)c2)C1=O. The molecule has 0 aliphatic carbocycles. The Labute approximate surface area is 141 Å². The monoisotopic (exact) mass is 359 g/mol. The smallest absolute Gasteiger partial charge is 0.328 e. The average molecular weight is 360 g/mol. The molecule has 1 aromatic rings. The van der Waals surface area contributed by atoms with Crippen molar-refractivity contribution in [3.63, 3.8) is 0 Å². The molecule has 1 aliphatic rings. The molecule has 22 heavy (non-hydrogen) atoms. The molecule has 116 valence electrons. The van der Waals surface area contributed by atoms with Crippen molar-refractivity contribution in [1.82, 2.24) is 4.90 Å². The number of ether oxygens (including phenoxy) is 1. The van der Waals surface area contributed by atoms with Crippen molar-refractivity contribution in [3.8, 4) is 0 Å². The molecule has 1 atom stereocenters. The fourth-order valence-corrected chi connectivity index (χ4v) is 3.06. The summed E-state index contributed by atoms with van der Waals surface area (Å²) in [7, 11) is 1.20. The molecular weight excluding hydrogens is 349 g/mol. The van der Waals surface area contributed by atoms with Gasteiger partial charge in [-0.25, -0.2) is 4.79 Å². The van der Waals surface area contributed by atoms with Gasteiger partial charge in [-0.15, -0.1) is 0 Å². The minimum Gasteiger partial charge on any atom is -0.467 e. The lowest BCUT2D eigenvalue weighted by Gasteiger charge is -2.18. The second kappa shape index (κ2) is 6.73. The normalized spacial score (nSPS) is 18.0. The third kappa shape index (κ3) is 3.29. The molecule has 0 N–H and O–H groups in total. The van der Waals surface area contributed by atoms with E-state index in [4.69, 9.17) is 23.2 Å². The van der Waals surface area contributed by atoms with Gasteiger partial charge in [-0.2, -0.15) is 0 Å². The number of amides is 2. The molecule has 0 unspecified atom stereocenters. The maximum atomic E-state index is 12.3. The van der Waals surface area contributed by atoms with Crippen LogP contribution in [0, 0.1) is 0 Å². The first-order chi connectivity index (χ1) is 10.3. The first-order valence-electron chi connectivity index (χ1n) is 6.15. The highest BCUT2D eigenvalue weighted by atomic mass is 35.5.